The Morgan fingerprint density at radius 1 is 1.29 bits per heavy atom. The second-order valence-corrected chi connectivity index (χ2v) is 4.95. The Labute approximate surface area is 136 Å². The van der Waals surface area contributed by atoms with Crippen molar-refractivity contribution in [2.75, 3.05) is 0 Å². The lowest BCUT2D eigenvalue weighted by Crippen LogP contribution is -2.33. The van der Waals surface area contributed by atoms with Crippen LogP contribution in [0.1, 0.15) is 11.8 Å². The highest BCUT2D eigenvalue weighted by atomic mass is 16.4. The van der Waals surface area contributed by atoms with Gasteiger partial charge in [-0.25, -0.2) is 4.68 Å². The standard InChI is InChI=1S/C15H14N6O3/c1-10-18-19-14(24-10)8-17-13(22)9-21-15(23)5-4-12(20-21)11-3-2-6-16-7-11/h2-7H,8-9H2,1H3,(H,17,22). The Bertz CT molecular complexity index is 903. The fourth-order valence-corrected chi connectivity index (χ4v) is 2.01. The summed E-state index contributed by atoms with van der Waals surface area (Å²) >= 11 is 0. The zero-order valence-electron chi connectivity index (χ0n) is 12.8. The minimum Gasteiger partial charge on any atom is -0.424 e. The molecule has 0 fully saturated rings. The molecule has 0 spiro atoms. The number of rotatable bonds is 5. The maximum Gasteiger partial charge on any atom is 0.267 e. The first-order chi connectivity index (χ1) is 11.6. The number of hydrogen-bond acceptors (Lipinski definition) is 7. The van der Waals surface area contributed by atoms with Crippen LogP contribution < -0.4 is 10.9 Å². The normalized spacial score (nSPS) is 10.5. The fraction of sp³-hybridized carbons (Fsp3) is 0.200. The molecule has 9 nitrogen and oxygen atoms in total. The van der Waals surface area contributed by atoms with Gasteiger partial charge in [0.15, 0.2) is 0 Å². The van der Waals surface area contributed by atoms with E-state index in [9.17, 15) is 9.59 Å². The monoisotopic (exact) mass is 326 g/mol. The van der Waals surface area contributed by atoms with Crippen LogP contribution in [0.15, 0.2) is 45.9 Å². The molecule has 3 aromatic rings. The van der Waals surface area contributed by atoms with Gasteiger partial charge in [0.2, 0.25) is 17.7 Å². The third-order valence-electron chi connectivity index (χ3n) is 3.12. The molecule has 3 rings (SSSR count). The second-order valence-electron chi connectivity index (χ2n) is 4.95. The Morgan fingerprint density at radius 3 is 2.88 bits per heavy atom. The van der Waals surface area contributed by atoms with Gasteiger partial charge in [0, 0.05) is 30.9 Å². The van der Waals surface area contributed by atoms with Crippen molar-refractivity contribution in [3.63, 3.8) is 0 Å². The van der Waals surface area contributed by atoms with Crippen LogP contribution in [0.5, 0.6) is 0 Å². The molecule has 24 heavy (non-hydrogen) atoms. The quantitative estimate of drug-likeness (QED) is 0.717. The van der Waals surface area contributed by atoms with Gasteiger partial charge in [-0.15, -0.1) is 10.2 Å². The van der Waals surface area contributed by atoms with Gasteiger partial charge >= 0.3 is 0 Å². The van der Waals surface area contributed by atoms with Gasteiger partial charge in [-0.2, -0.15) is 5.10 Å². The van der Waals surface area contributed by atoms with Crippen molar-refractivity contribution in [1.29, 1.82) is 0 Å². The number of nitrogens with one attached hydrogen (secondary N) is 1. The van der Waals surface area contributed by atoms with Crippen LogP contribution in [0, 0.1) is 6.92 Å². The van der Waals surface area contributed by atoms with Crippen molar-refractivity contribution in [3.05, 3.63) is 58.8 Å². The van der Waals surface area contributed by atoms with E-state index in [1.165, 1.54) is 6.07 Å². The summed E-state index contributed by atoms with van der Waals surface area (Å²) in [5.74, 6) is 0.329. The Morgan fingerprint density at radius 2 is 2.17 bits per heavy atom. The molecule has 0 saturated carbocycles. The summed E-state index contributed by atoms with van der Waals surface area (Å²) in [5, 5.41) is 14.2. The number of nitrogens with zero attached hydrogens (tertiary/aromatic N) is 5. The molecule has 0 aliphatic rings. The van der Waals surface area contributed by atoms with Gasteiger partial charge in [0.05, 0.1) is 12.2 Å². The Hall–Kier alpha value is -3.36. The SMILES string of the molecule is Cc1nnc(CNC(=O)Cn2nc(-c3cccnc3)ccc2=O)o1. The average molecular weight is 326 g/mol. The van der Waals surface area contributed by atoms with Crippen molar-refractivity contribution in [1.82, 2.24) is 30.3 Å². The van der Waals surface area contributed by atoms with Gasteiger partial charge in [-0.1, -0.05) is 0 Å². The predicted octanol–water partition coefficient (Wildman–Crippen LogP) is 0.313. The highest BCUT2D eigenvalue weighted by molar-refractivity contribution is 5.75. The summed E-state index contributed by atoms with van der Waals surface area (Å²) in [7, 11) is 0. The summed E-state index contributed by atoms with van der Waals surface area (Å²) in [4.78, 5) is 27.9. The minimum atomic E-state index is -0.385. The molecule has 1 amide bonds. The highest BCUT2D eigenvalue weighted by Gasteiger charge is 2.09. The zero-order chi connectivity index (χ0) is 16.9. The number of aromatic nitrogens is 5. The zero-order valence-corrected chi connectivity index (χ0v) is 12.8. The predicted molar refractivity (Wildman–Crippen MR) is 82.6 cm³/mol. The summed E-state index contributed by atoms with van der Waals surface area (Å²) < 4.78 is 6.25. The molecule has 0 saturated heterocycles. The third kappa shape index (κ3) is 3.69. The summed E-state index contributed by atoms with van der Waals surface area (Å²) in [6, 6.07) is 6.55. The van der Waals surface area contributed by atoms with E-state index < -0.39 is 0 Å². The van der Waals surface area contributed by atoms with Crippen molar-refractivity contribution in [3.8, 4) is 11.3 Å². The van der Waals surface area contributed by atoms with Gasteiger partial charge in [0.25, 0.3) is 5.56 Å². The van der Waals surface area contributed by atoms with E-state index >= 15 is 0 Å². The van der Waals surface area contributed by atoms with Crippen molar-refractivity contribution >= 4 is 5.91 Å². The molecule has 3 heterocycles. The maximum atomic E-state index is 12.0. The molecule has 0 unspecified atom stereocenters. The number of pyridine rings is 1. The summed E-state index contributed by atoms with van der Waals surface area (Å²) in [6.45, 7) is 1.54. The lowest BCUT2D eigenvalue weighted by Gasteiger charge is -2.07. The first-order valence-electron chi connectivity index (χ1n) is 7.16. The van der Waals surface area contributed by atoms with Crippen molar-refractivity contribution in [2.45, 2.75) is 20.0 Å². The molecule has 0 atom stereocenters. The highest BCUT2D eigenvalue weighted by Crippen LogP contribution is 2.12. The molecule has 9 heteroatoms. The van der Waals surface area contributed by atoms with E-state index in [2.05, 4.69) is 25.6 Å². The third-order valence-corrected chi connectivity index (χ3v) is 3.12. The number of amides is 1. The topological polar surface area (TPSA) is 116 Å². The van der Waals surface area contributed by atoms with Crippen LogP contribution in [0.4, 0.5) is 0 Å². The molecule has 0 bridgehead atoms. The van der Waals surface area contributed by atoms with Crippen LogP contribution in [0.25, 0.3) is 11.3 Å². The van der Waals surface area contributed by atoms with E-state index in [1.807, 2.05) is 6.07 Å². The number of aryl methyl sites for hydroxylation is 1. The van der Waals surface area contributed by atoms with E-state index in [1.54, 1.807) is 31.5 Å². The fourth-order valence-electron chi connectivity index (χ4n) is 2.01. The largest absolute Gasteiger partial charge is 0.424 e. The Kier molecular flexibility index (Phi) is 4.41. The number of hydrogen-bond donors (Lipinski definition) is 1. The molecule has 0 aliphatic carbocycles. The first-order valence-corrected chi connectivity index (χ1v) is 7.16. The van der Waals surface area contributed by atoms with Crippen LogP contribution in [0.3, 0.4) is 0 Å². The van der Waals surface area contributed by atoms with Crippen molar-refractivity contribution in [2.24, 2.45) is 0 Å². The molecule has 122 valence electrons. The van der Waals surface area contributed by atoms with Gasteiger partial charge < -0.3 is 9.73 Å². The smallest absolute Gasteiger partial charge is 0.267 e. The van der Waals surface area contributed by atoms with E-state index in [0.29, 0.717) is 17.5 Å². The number of carbonyl (C=O) groups is 1. The van der Waals surface area contributed by atoms with Crippen LogP contribution in [-0.2, 0) is 17.9 Å². The van der Waals surface area contributed by atoms with E-state index in [4.69, 9.17) is 4.42 Å². The summed E-state index contributed by atoms with van der Waals surface area (Å²) in [6.07, 6.45) is 3.28. The second kappa shape index (κ2) is 6.82. The minimum absolute atomic E-state index is 0.0940. The molecule has 0 radical (unpaired) electrons. The van der Waals surface area contributed by atoms with Gasteiger partial charge in [0.1, 0.15) is 6.54 Å². The molecule has 0 aromatic carbocycles. The lowest BCUT2D eigenvalue weighted by molar-refractivity contribution is -0.122. The van der Waals surface area contributed by atoms with Crippen molar-refractivity contribution < 1.29 is 9.21 Å². The van der Waals surface area contributed by atoms with Crippen LogP contribution in [0.2, 0.25) is 0 Å². The van der Waals surface area contributed by atoms with Gasteiger partial charge in [-0.3, -0.25) is 14.6 Å². The van der Waals surface area contributed by atoms with Crippen LogP contribution in [-0.4, -0.2) is 30.9 Å². The Balaban J connectivity index is 1.70. The molecular weight excluding hydrogens is 312 g/mol. The van der Waals surface area contributed by atoms with Gasteiger partial charge in [-0.05, 0) is 18.2 Å². The first kappa shape index (κ1) is 15.5. The number of carbonyl (C=O) groups excluding carboxylic acids is 1. The maximum absolute atomic E-state index is 12.0. The van der Waals surface area contributed by atoms with E-state index in [0.717, 1.165) is 10.2 Å². The molecular formula is C15H14N6O3. The van der Waals surface area contributed by atoms with Crippen LogP contribution >= 0.6 is 0 Å². The molecule has 0 aliphatic heterocycles. The average Bonchev–Trinajstić information content (AvgIpc) is 3.01. The lowest BCUT2D eigenvalue weighted by atomic mass is 10.2. The summed E-state index contributed by atoms with van der Waals surface area (Å²) in [5.41, 5.74) is 0.947. The molecule has 3 aromatic heterocycles. The van der Waals surface area contributed by atoms with E-state index in [-0.39, 0.29) is 24.6 Å². The molecule has 1 N–H and O–H groups in total.